The number of hydrogen-bond acceptors (Lipinski definition) is 6. The Kier molecular flexibility index (Phi) is 2.33. The molecule has 6 heteroatoms. The summed E-state index contributed by atoms with van der Waals surface area (Å²) in [5.41, 5.74) is 6.48. The molecule has 0 bridgehead atoms. The molecule has 2 N–H and O–H groups in total. The SMILES string of the molecule is Nc1nonc1CC(=O)c1cc2ccccc2o1. The number of carbonyl (C=O) groups is 1. The van der Waals surface area contributed by atoms with Crippen molar-refractivity contribution in [2.45, 2.75) is 6.42 Å². The lowest BCUT2D eigenvalue weighted by Gasteiger charge is -1.92. The number of nitrogen functional groups attached to an aromatic ring is 1. The highest BCUT2D eigenvalue weighted by molar-refractivity contribution is 5.98. The predicted octanol–water partition coefficient (Wildman–Crippen LogP) is 1.82. The standard InChI is InChI=1S/C12H9N3O3/c13-12-8(14-18-15-12)6-9(16)11-5-7-3-1-2-4-10(7)17-11/h1-5H,6H2,(H2,13,15). The summed E-state index contributed by atoms with van der Waals surface area (Å²) < 4.78 is 9.88. The van der Waals surface area contributed by atoms with Gasteiger partial charge < -0.3 is 10.2 Å². The average molecular weight is 243 g/mol. The Hall–Kier alpha value is -2.63. The van der Waals surface area contributed by atoms with Gasteiger partial charge in [-0.2, -0.15) is 0 Å². The van der Waals surface area contributed by atoms with Crippen LogP contribution in [0.3, 0.4) is 0 Å². The Morgan fingerprint density at radius 3 is 2.83 bits per heavy atom. The van der Waals surface area contributed by atoms with Gasteiger partial charge in [0.15, 0.2) is 11.6 Å². The highest BCUT2D eigenvalue weighted by atomic mass is 16.6. The van der Waals surface area contributed by atoms with E-state index in [1.165, 1.54) is 0 Å². The van der Waals surface area contributed by atoms with Crippen LogP contribution < -0.4 is 5.73 Å². The molecular weight excluding hydrogens is 234 g/mol. The molecule has 90 valence electrons. The fraction of sp³-hybridized carbons (Fsp3) is 0.0833. The van der Waals surface area contributed by atoms with Crippen LogP contribution >= 0.6 is 0 Å². The van der Waals surface area contributed by atoms with Crippen LogP contribution in [0.5, 0.6) is 0 Å². The maximum atomic E-state index is 12.0. The van der Waals surface area contributed by atoms with Crippen LogP contribution in [0.15, 0.2) is 39.4 Å². The van der Waals surface area contributed by atoms with Gasteiger partial charge in [-0.25, -0.2) is 4.63 Å². The molecule has 1 aromatic carbocycles. The Balaban J connectivity index is 1.90. The first-order chi connectivity index (χ1) is 8.74. The number of Topliss-reactive ketones (excluding diaryl/α,β-unsaturated/α-hetero) is 1. The van der Waals surface area contributed by atoms with Gasteiger partial charge >= 0.3 is 0 Å². The second kappa shape index (κ2) is 3.99. The molecule has 2 aromatic heterocycles. The van der Waals surface area contributed by atoms with Crippen molar-refractivity contribution in [1.82, 2.24) is 10.3 Å². The number of nitrogens with zero attached hydrogens (tertiary/aromatic N) is 2. The quantitative estimate of drug-likeness (QED) is 0.705. The first-order valence-corrected chi connectivity index (χ1v) is 5.33. The number of carbonyl (C=O) groups excluding carboxylic acids is 1. The molecule has 0 unspecified atom stereocenters. The Morgan fingerprint density at radius 1 is 1.28 bits per heavy atom. The second-order valence-electron chi connectivity index (χ2n) is 3.84. The maximum absolute atomic E-state index is 12.0. The van der Waals surface area contributed by atoms with Crippen molar-refractivity contribution in [2.24, 2.45) is 0 Å². The third kappa shape index (κ3) is 1.73. The summed E-state index contributed by atoms with van der Waals surface area (Å²) in [6.45, 7) is 0. The number of fused-ring (bicyclic) bond motifs is 1. The molecule has 3 aromatic rings. The zero-order valence-electron chi connectivity index (χ0n) is 9.29. The summed E-state index contributed by atoms with van der Waals surface area (Å²) in [4.78, 5) is 12.0. The molecule has 0 atom stereocenters. The van der Waals surface area contributed by atoms with Gasteiger partial charge in [0, 0.05) is 5.39 Å². The van der Waals surface area contributed by atoms with Gasteiger partial charge in [0.25, 0.3) is 0 Å². The van der Waals surface area contributed by atoms with E-state index in [2.05, 4.69) is 14.9 Å². The summed E-state index contributed by atoms with van der Waals surface area (Å²) in [5.74, 6) is 0.187. The van der Waals surface area contributed by atoms with E-state index in [9.17, 15) is 4.79 Å². The Bertz CT molecular complexity index is 681. The van der Waals surface area contributed by atoms with Crippen LogP contribution in [0.25, 0.3) is 11.0 Å². The van der Waals surface area contributed by atoms with Crippen molar-refractivity contribution in [2.75, 3.05) is 5.73 Å². The van der Waals surface area contributed by atoms with Crippen LogP contribution in [-0.2, 0) is 6.42 Å². The third-order valence-electron chi connectivity index (χ3n) is 2.61. The zero-order valence-corrected chi connectivity index (χ0v) is 9.29. The van der Waals surface area contributed by atoms with Crippen molar-refractivity contribution >= 4 is 22.6 Å². The molecule has 6 nitrogen and oxygen atoms in total. The molecule has 18 heavy (non-hydrogen) atoms. The van der Waals surface area contributed by atoms with Crippen molar-refractivity contribution in [3.8, 4) is 0 Å². The molecule has 0 radical (unpaired) electrons. The van der Waals surface area contributed by atoms with Crippen LogP contribution in [0, 0.1) is 0 Å². The maximum Gasteiger partial charge on any atom is 0.204 e. The number of ketones is 1. The minimum Gasteiger partial charge on any atom is -0.453 e. The van der Waals surface area contributed by atoms with E-state index in [0.717, 1.165) is 5.39 Å². The molecule has 0 aliphatic rings. The Morgan fingerprint density at radius 2 is 2.11 bits per heavy atom. The number of rotatable bonds is 3. The van der Waals surface area contributed by atoms with Crippen molar-refractivity contribution < 1.29 is 13.8 Å². The van der Waals surface area contributed by atoms with Crippen LogP contribution in [0.2, 0.25) is 0 Å². The zero-order chi connectivity index (χ0) is 12.5. The van der Waals surface area contributed by atoms with E-state index >= 15 is 0 Å². The molecule has 0 aliphatic heterocycles. The minimum atomic E-state index is -0.214. The number of para-hydroxylation sites is 1. The lowest BCUT2D eigenvalue weighted by atomic mass is 10.1. The van der Waals surface area contributed by atoms with Gasteiger partial charge in [0.1, 0.15) is 11.3 Å². The van der Waals surface area contributed by atoms with E-state index < -0.39 is 0 Å². The molecule has 3 rings (SSSR count). The molecule has 0 saturated heterocycles. The average Bonchev–Trinajstić information content (AvgIpc) is 2.96. The van der Waals surface area contributed by atoms with E-state index in [1.807, 2.05) is 18.2 Å². The number of nitrogens with two attached hydrogens (primary N) is 1. The van der Waals surface area contributed by atoms with Gasteiger partial charge in [-0.05, 0) is 17.3 Å². The van der Waals surface area contributed by atoms with Gasteiger partial charge in [-0.1, -0.05) is 23.4 Å². The number of anilines is 1. The van der Waals surface area contributed by atoms with E-state index in [4.69, 9.17) is 10.2 Å². The summed E-state index contributed by atoms with van der Waals surface area (Å²) >= 11 is 0. The molecule has 0 amide bonds. The van der Waals surface area contributed by atoms with E-state index in [-0.39, 0.29) is 23.8 Å². The monoisotopic (exact) mass is 243 g/mol. The first kappa shape index (κ1) is 10.5. The fourth-order valence-electron chi connectivity index (χ4n) is 1.69. The number of benzene rings is 1. The van der Waals surface area contributed by atoms with Gasteiger partial charge in [-0.15, -0.1) is 0 Å². The van der Waals surface area contributed by atoms with Crippen molar-refractivity contribution in [3.63, 3.8) is 0 Å². The number of furan rings is 1. The first-order valence-electron chi connectivity index (χ1n) is 5.33. The topological polar surface area (TPSA) is 95.1 Å². The molecule has 0 fully saturated rings. The normalized spacial score (nSPS) is 10.9. The van der Waals surface area contributed by atoms with Crippen LogP contribution in [0.1, 0.15) is 16.2 Å². The Labute approximate surface area is 101 Å². The largest absolute Gasteiger partial charge is 0.453 e. The molecule has 2 heterocycles. The summed E-state index contributed by atoms with van der Waals surface area (Å²) in [5, 5.41) is 7.86. The van der Waals surface area contributed by atoms with Crippen molar-refractivity contribution in [1.29, 1.82) is 0 Å². The summed E-state index contributed by atoms with van der Waals surface area (Å²) in [6, 6.07) is 9.10. The second-order valence-corrected chi connectivity index (χ2v) is 3.84. The smallest absolute Gasteiger partial charge is 0.204 e. The summed E-state index contributed by atoms with van der Waals surface area (Å²) in [7, 11) is 0. The van der Waals surface area contributed by atoms with Gasteiger partial charge in [-0.3, -0.25) is 4.79 Å². The highest BCUT2D eigenvalue weighted by Crippen LogP contribution is 2.20. The van der Waals surface area contributed by atoms with Gasteiger partial charge in [0.05, 0.1) is 6.42 Å². The molecular formula is C12H9N3O3. The van der Waals surface area contributed by atoms with Gasteiger partial charge in [0.2, 0.25) is 5.78 Å². The lowest BCUT2D eigenvalue weighted by molar-refractivity contribution is 0.0966. The third-order valence-corrected chi connectivity index (χ3v) is 2.61. The van der Waals surface area contributed by atoms with E-state index in [1.54, 1.807) is 12.1 Å². The van der Waals surface area contributed by atoms with Crippen LogP contribution in [0.4, 0.5) is 5.82 Å². The van der Waals surface area contributed by atoms with E-state index in [0.29, 0.717) is 11.3 Å². The number of hydrogen-bond donors (Lipinski definition) is 1. The predicted molar refractivity (Wildman–Crippen MR) is 63.0 cm³/mol. The van der Waals surface area contributed by atoms with Crippen molar-refractivity contribution in [3.05, 3.63) is 41.8 Å². The molecule has 0 saturated carbocycles. The number of aromatic nitrogens is 2. The van der Waals surface area contributed by atoms with Crippen LogP contribution in [-0.4, -0.2) is 16.1 Å². The molecule has 0 aliphatic carbocycles. The fourth-order valence-corrected chi connectivity index (χ4v) is 1.69. The lowest BCUT2D eigenvalue weighted by Crippen LogP contribution is -2.04. The minimum absolute atomic E-state index is 0.00908. The summed E-state index contributed by atoms with van der Waals surface area (Å²) in [6.07, 6.45) is 0.00908. The molecule has 0 spiro atoms. The highest BCUT2D eigenvalue weighted by Gasteiger charge is 2.17.